The number of hydrogen-bond donors (Lipinski definition) is 1. The molecule has 0 unspecified atom stereocenters. The number of halogens is 2. The van der Waals surface area contributed by atoms with E-state index in [9.17, 15) is 8.78 Å². The van der Waals surface area contributed by atoms with Crippen molar-refractivity contribution in [3.05, 3.63) is 29.5 Å². The standard InChI is InChI=1S/C13H10F2N4O2/c1-7-9(6-16)12(19(2)18-7)17-8-3-4-10-11(5-8)21-13(14,15)20-10/h3-5,17H,1-2H3. The van der Waals surface area contributed by atoms with Gasteiger partial charge in [-0.3, -0.25) is 4.68 Å². The number of nitriles is 1. The van der Waals surface area contributed by atoms with Crippen molar-refractivity contribution in [2.45, 2.75) is 13.2 Å². The summed E-state index contributed by atoms with van der Waals surface area (Å²) in [7, 11) is 1.68. The van der Waals surface area contributed by atoms with E-state index in [4.69, 9.17) is 5.26 Å². The number of hydrogen-bond acceptors (Lipinski definition) is 5. The van der Waals surface area contributed by atoms with Crippen LogP contribution in [-0.2, 0) is 7.05 Å². The number of nitrogens with zero attached hydrogens (tertiary/aromatic N) is 3. The van der Waals surface area contributed by atoms with Gasteiger partial charge >= 0.3 is 6.29 Å². The molecular formula is C13H10F2N4O2. The predicted octanol–water partition coefficient (Wildman–Crippen LogP) is 2.67. The first-order chi connectivity index (χ1) is 9.89. The van der Waals surface area contributed by atoms with Gasteiger partial charge in [-0.15, -0.1) is 8.78 Å². The Morgan fingerprint density at radius 2 is 2.05 bits per heavy atom. The second kappa shape index (κ2) is 4.34. The zero-order chi connectivity index (χ0) is 15.2. The summed E-state index contributed by atoms with van der Waals surface area (Å²) in [5.41, 5.74) is 1.45. The molecule has 0 aliphatic carbocycles. The zero-order valence-corrected chi connectivity index (χ0v) is 11.1. The number of nitrogens with one attached hydrogen (secondary N) is 1. The SMILES string of the molecule is Cc1nn(C)c(Nc2ccc3c(c2)OC(F)(F)O3)c1C#N. The van der Waals surface area contributed by atoms with Crippen LogP contribution in [0.5, 0.6) is 11.5 Å². The lowest BCUT2D eigenvalue weighted by Gasteiger charge is -2.07. The molecular weight excluding hydrogens is 282 g/mol. The summed E-state index contributed by atoms with van der Waals surface area (Å²) in [4.78, 5) is 0. The van der Waals surface area contributed by atoms with Gasteiger partial charge in [0.05, 0.1) is 5.69 Å². The maximum absolute atomic E-state index is 13.0. The maximum atomic E-state index is 13.0. The van der Waals surface area contributed by atoms with Crippen molar-refractivity contribution >= 4 is 11.5 Å². The molecule has 3 rings (SSSR count). The lowest BCUT2D eigenvalue weighted by molar-refractivity contribution is -0.286. The molecule has 1 aliphatic rings. The van der Waals surface area contributed by atoms with Crippen molar-refractivity contribution < 1.29 is 18.3 Å². The fraction of sp³-hybridized carbons (Fsp3) is 0.231. The molecule has 0 spiro atoms. The van der Waals surface area contributed by atoms with E-state index in [1.807, 2.05) is 6.07 Å². The van der Waals surface area contributed by atoms with Crippen LogP contribution in [0.2, 0.25) is 0 Å². The Hall–Kier alpha value is -2.82. The summed E-state index contributed by atoms with van der Waals surface area (Å²) in [5.74, 6) is 0.371. The molecule has 2 aromatic rings. The molecule has 2 heterocycles. The summed E-state index contributed by atoms with van der Waals surface area (Å²) in [6.07, 6.45) is -3.65. The lowest BCUT2D eigenvalue weighted by atomic mass is 10.2. The van der Waals surface area contributed by atoms with Gasteiger partial charge in [-0.25, -0.2) is 0 Å². The number of ether oxygens (including phenoxy) is 2. The summed E-state index contributed by atoms with van der Waals surface area (Å²) in [5, 5.41) is 16.2. The highest BCUT2D eigenvalue weighted by molar-refractivity contribution is 5.67. The number of rotatable bonds is 2. The summed E-state index contributed by atoms with van der Waals surface area (Å²) >= 11 is 0. The third kappa shape index (κ3) is 2.23. The largest absolute Gasteiger partial charge is 0.586 e. The molecule has 0 atom stereocenters. The molecule has 0 radical (unpaired) electrons. The van der Waals surface area contributed by atoms with E-state index in [-0.39, 0.29) is 11.5 Å². The van der Waals surface area contributed by atoms with Crippen molar-refractivity contribution in [1.29, 1.82) is 5.26 Å². The van der Waals surface area contributed by atoms with E-state index >= 15 is 0 Å². The van der Waals surface area contributed by atoms with Gasteiger partial charge in [0, 0.05) is 18.8 Å². The van der Waals surface area contributed by atoms with Gasteiger partial charge in [0.1, 0.15) is 17.5 Å². The van der Waals surface area contributed by atoms with Gasteiger partial charge in [-0.2, -0.15) is 10.4 Å². The number of benzene rings is 1. The minimum absolute atomic E-state index is 0.0350. The topological polar surface area (TPSA) is 72.1 Å². The Morgan fingerprint density at radius 1 is 1.33 bits per heavy atom. The van der Waals surface area contributed by atoms with E-state index in [2.05, 4.69) is 19.9 Å². The highest BCUT2D eigenvalue weighted by Gasteiger charge is 2.43. The Kier molecular flexibility index (Phi) is 2.73. The van der Waals surface area contributed by atoms with E-state index in [1.54, 1.807) is 20.0 Å². The second-order valence-electron chi connectivity index (χ2n) is 4.50. The summed E-state index contributed by atoms with van der Waals surface area (Å²) < 4.78 is 36.1. The molecule has 0 fully saturated rings. The number of anilines is 2. The Morgan fingerprint density at radius 3 is 2.76 bits per heavy atom. The second-order valence-corrected chi connectivity index (χ2v) is 4.50. The number of alkyl halides is 2. The van der Waals surface area contributed by atoms with Gasteiger partial charge in [-0.05, 0) is 19.1 Å². The monoisotopic (exact) mass is 292 g/mol. The van der Waals surface area contributed by atoms with Gasteiger partial charge in [-0.1, -0.05) is 0 Å². The van der Waals surface area contributed by atoms with Crippen LogP contribution < -0.4 is 14.8 Å². The van der Waals surface area contributed by atoms with Crippen molar-refractivity contribution in [2.75, 3.05) is 5.32 Å². The number of aryl methyl sites for hydroxylation is 2. The molecule has 0 saturated carbocycles. The Bertz CT molecular complexity index is 764. The van der Waals surface area contributed by atoms with Crippen LogP contribution in [0.4, 0.5) is 20.3 Å². The highest BCUT2D eigenvalue weighted by Crippen LogP contribution is 2.42. The van der Waals surface area contributed by atoms with Gasteiger partial charge in [0.2, 0.25) is 0 Å². The van der Waals surface area contributed by atoms with Crippen LogP contribution in [0.3, 0.4) is 0 Å². The number of fused-ring (bicyclic) bond motifs is 1. The average Bonchev–Trinajstić information content (AvgIpc) is 2.84. The average molecular weight is 292 g/mol. The maximum Gasteiger partial charge on any atom is 0.586 e. The van der Waals surface area contributed by atoms with Crippen LogP contribution in [0.1, 0.15) is 11.3 Å². The normalized spacial score (nSPS) is 14.8. The summed E-state index contributed by atoms with van der Waals surface area (Å²) in [6, 6.07) is 6.34. The molecule has 1 aliphatic heterocycles. The lowest BCUT2D eigenvalue weighted by Crippen LogP contribution is -2.25. The smallest absolute Gasteiger partial charge is 0.395 e. The fourth-order valence-electron chi connectivity index (χ4n) is 2.10. The van der Waals surface area contributed by atoms with Crippen molar-refractivity contribution in [2.24, 2.45) is 7.05 Å². The molecule has 21 heavy (non-hydrogen) atoms. The van der Waals surface area contributed by atoms with E-state index in [1.165, 1.54) is 16.8 Å². The van der Waals surface area contributed by atoms with Crippen molar-refractivity contribution in [3.8, 4) is 17.6 Å². The minimum atomic E-state index is -3.65. The highest BCUT2D eigenvalue weighted by atomic mass is 19.3. The zero-order valence-electron chi connectivity index (χ0n) is 11.1. The van der Waals surface area contributed by atoms with Gasteiger partial charge in [0.25, 0.3) is 0 Å². The molecule has 6 nitrogen and oxygen atoms in total. The van der Waals surface area contributed by atoms with Gasteiger partial charge in [0.15, 0.2) is 11.5 Å². The van der Waals surface area contributed by atoms with Crippen molar-refractivity contribution in [3.63, 3.8) is 0 Å². The number of aromatic nitrogens is 2. The molecule has 0 amide bonds. The first-order valence-electron chi connectivity index (χ1n) is 6.00. The van der Waals surface area contributed by atoms with Crippen LogP contribution in [0, 0.1) is 18.3 Å². The molecule has 0 bridgehead atoms. The van der Waals surface area contributed by atoms with Crippen LogP contribution in [-0.4, -0.2) is 16.1 Å². The third-order valence-corrected chi connectivity index (χ3v) is 3.00. The fourth-order valence-corrected chi connectivity index (χ4v) is 2.10. The first-order valence-corrected chi connectivity index (χ1v) is 6.00. The molecule has 1 aromatic carbocycles. The van der Waals surface area contributed by atoms with Crippen LogP contribution in [0.25, 0.3) is 0 Å². The molecule has 0 saturated heterocycles. The van der Waals surface area contributed by atoms with E-state index in [0.717, 1.165) is 0 Å². The predicted molar refractivity (Wildman–Crippen MR) is 68.6 cm³/mol. The Labute approximate surface area is 118 Å². The third-order valence-electron chi connectivity index (χ3n) is 3.00. The Balaban J connectivity index is 1.93. The summed E-state index contributed by atoms with van der Waals surface area (Å²) in [6.45, 7) is 1.71. The van der Waals surface area contributed by atoms with Crippen LogP contribution >= 0.6 is 0 Å². The van der Waals surface area contributed by atoms with E-state index < -0.39 is 6.29 Å². The van der Waals surface area contributed by atoms with E-state index in [0.29, 0.717) is 22.8 Å². The van der Waals surface area contributed by atoms with Crippen LogP contribution in [0.15, 0.2) is 18.2 Å². The van der Waals surface area contributed by atoms with Gasteiger partial charge < -0.3 is 14.8 Å². The molecule has 1 N–H and O–H groups in total. The molecule has 108 valence electrons. The first kappa shape index (κ1) is 13.2. The molecule has 1 aromatic heterocycles. The minimum Gasteiger partial charge on any atom is -0.395 e. The molecule has 8 heteroatoms. The van der Waals surface area contributed by atoms with Crippen molar-refractivity contribution in [1.82, 2.24) is 9.78 Å². The quantitative estimate of drug-likeness (QED) is 0.921.